The van der Waals surface area contributed by atoms with Crippen LogP contribution in [0.1, 0.15) is 66.2 Å². The lowest BCUT2D eigenvalue weighted by Gasteiger charge is -2.36. The van der Waals surface area contributed by atoms with E-state index in [1.54, 1.807) is 0 Å². The van der Waals surface area contributed by atoms with Gasteiger partial charge in [-0.05, 0) is 18.8 Å². The molecule has 0 spiro atoms. The third-order valence-electron chi connectivity index (χ3n) is 3.27. The van der Waals surface area contributed by atoms with E-state index < -0.39 is 5.60 Å². The summed E-state index contributed by atoms with van der Waals surface area (Å²) in [5.41, 5.74) is 5.49. The van der Waals surface area contributed by atoms with E-state index in [9.17, 15) is 5.11 Å². The fourth-order valence-electron chi connectivity index (χ4n) is 2.04. The van der Waals surface area contributed by atoms with Crippen molar-refractivity contribution < 1.29 is 5.11 Å². The molecule has 0 heterocycles. The van der Waals surface area contributed by atoms with Gasteiger partial charge >= 0.3 is 0 Å². The summed E-state index contributed by atoms with van der Waals surface area (Å²) in [6, 6.07) is -0.0874. The normalized spacial score (nSPS) is 14.6. The van der Waals surface area contributed by atoms with Crippen molar-refractivity contribution in [2.24, 2.45) is 11.7 Å². The van der Waals surface area contributed by atoms with Gasteiger partial charge in [-0.3, -0.25) is 0 Å². The summed E-state index contributed by atoms with van der Waals surface area (Å²) >= 11 is 0. The van der Waals surface area contributed by atoms with E-state index in [-0.39, 0.29) is 6.04 Å². The minimum Gasteiger partial charge on any atom is -0.388 e. The molecule has 0 aliphatic carbocycles. The molecule has 0 saturated heterocycles. The topological polar surface area (TPSA) is 46.2 Å². The summed E-state index contributed by atoms with van der Waals surface area (Å²) in [5, 5.41) is 10.6. The van der Waals surface area contributed by atoms with Crippen molar-refractivity contribution in [3.63, 3.8) is 0 Å². The first-order valence-electron chi connectivity index (χ1n) is 6.45. The van der Waals surface area contributed by atoms with Crippen molar-refractivity contribution in [3.8, 4) is 0 Å². The van der Waals surface area contributed by atoms with Crippen molar-refractivity contribution >= 4 is 0 Å². The van der Waals surface area contributed by atoms with Crippen LogP contribution in [0.15, 0.2) is 0 Å². The third kappa shape index (κ3) is 4.98. The van der Waals surface area contributed by atoms with Gasteiger partial charge < -0.3 is 10.8 Å². The molecule has 0 aromatic carbocycles. The molecule has 0 amide bonds. The zero-order chi connectivity index (χ0) is 11.9. The van der Waals surface area contributed by atoms with Crippen LogP contribution in [0, 0.1) is 5.92 Å². The monoisotopic (exact) mass is 215 g/mol. The molecule has 92 valence electrons. The lowest BCUT2D eigenvalue weighted by molar-refractivity contribution is -0.0190. The van der Waals surface area contributed by atoms with Gasteiger partial charge in [0.15, 0.2) is 0 Å². The van der Waals surface area contributed by atoms with Crippen LogP contribution in [0.4, 0.5) is 0 Å². The molecular formula is C13H29NO. The highest BCUT2D eigenvalue weighted by molar-refractivity contribution is 4.91. The van der Waals surface area contributed by atoms with Gasteiger partial charge in [-0.25, -0.2) is 0 Å². The van der Waals surface area contributed by atoms with Crippen LogP contribution < -0.4 is 5.73 Å². The zero-order valence-corrected chi connectivity index (χ0v) is 10.9. The average Bonchev–Trinajstić information content (AvgIpc) is 2.22. The summed E-state index contributed by atoms with van der Waals surface area (Å²) < 4.78 is 0. The van der Waals surface area contributed by atoms with Gasteiger partial charge in [0.1, 0.15) is 0 Å². The number of hydrogen-bond acceptors (Lipinski definition) is 2. The SMILES string of the molecule is CCCCC(O)(CCCC)[C@@H](N)C(C)C. The first kappa shape index (κ1) is 14.9. The Bertz CT molecular complexity index is 149. The first-order valence-corrected chi connectivity index (χ1v) is 6.45. The molecule has 0 fully saturated rings. The molecular weight excluding hydrogens is 186 g/mol. The summed E-state index contributed by atoms with van der Waals surface area (Å²) in [6.07, 6.45) is 6.09. The molecule has 2 heteroatoms. The molecule has 0 aliphatic heterocycles. The summed E-state index contributed by atoms with van der Waals surface area (Å²) in [7, 11) is 0. The second-order valence-corrected chi connectivity index (χ2v) is 5.08. The minimum absolute atomic E-state index is 0.0874. The fraction of sp³-hybridized carbons (Fsp3) is 1.00. The average molecular weight is 215 g/mol. The van der Waals surface area contributed by atoms with E-state index in [1.807, 2.05) is 0 Å². The molecule has 15 heavy (non-hydrogen) atoms. The van der Waals surface area contributed by atoms with Crippen molar-refractivity contribution in [1.29, 1.82) is 0 Å². The van der Waals surface area contributed by atoms with Crippen LogP contribution in [0.2, 0.25) is 0 Å². The third-order valence-corrected chi connectivity index (χ3v) is 3.27. The molecule has 0 aromatic heterocycles. The van der Waals surface area contributed by atoms with Crippen molar-refractivity contribution in [1.82, 2.24) is 0 Å². The van der Waals surface area contributed by atoms with Gasteiger partial charge in [-0.2, -0.15) is 0 Å². The number of nitrogens with two attached hydrogens (primary N) is 1. The number of hydrogen-bond donors (Lipinski definition) is 2. The van der Waals surface area contributed by atoms with Crippen molar-refractivity contribution in [3.05, 3.63) is 0 Å². The van der Waals surface area contributed by atoms with Gasteiger partial charge in [0.05, 0.1) is 5.60 Å². The zero-order valence-electron chi connectivity index (χ0n) is 10.9. The largest absolute Gasteiger partial charge is 0.388 e. The second kappa shape index (κ2) is 7.24. The van der Waals surface area contributed by atoms with Crippen LogP contribution in [-0.2, 0) is 0 Å². The van der Waals surface area contributed by atoms with Gasteiger partial charge in [-0.1, -0.05) is 53.4 Å². The van der Waals surface area contributed by atoms with Crippen LogP contribution in [0.25, 0.3) is 0 Å². The Hall–Kier alpha value is -0.0800. The molecule has 0 aliphatic rings. The smallest absolute Gasteiger partial charge is 0.0800 e. The molecule has 0 unspecified atom stereocenters. The summed E-state index contributed by atoms with van der Waals surface area (Å²) in [4.78, 5) is 0. The Kier molecular flexibility index (Phi) is 7.20. The van der Waals surface area contributed by atoms with E-state index in [0.717, 1.165) is 38.5 Å². The maximum absolute atomic E-state index is 10.6. The Balaban J connectivity index is 4.37. The highest BCUT2D eigenvalue weighted by Gasteiger charge is 2.34. The summed E-state index contributed by atoms with van der Waals surface area (Å²) in [5.74, 6) is 0.351. The Labute approximate surface area is 95.3 Å². The van der Waals surface area contributed by atoms with E-state index in [2.05, 4.69) is 27.7 Å². The van der Waals surface area contributed by atoms with E-state index in [4.69, 9.17) is 5.73 Å². The maximum Gasteiger partial charge on any atom is 0.0800 e. The Morgan fingerprint density at radius 3 is 1.73 bits per heavy atom. The predicted molar refractivity (Wildman–Crippen MR) is 66.8 cm³/mol. The maximum atomic E-state index is 10.6. The highest BCUT2D eigenvalue weighted by atomic mass is 16.3. The van der Waals surface area contributed by atoms with Crippen LogP contribution >= 0.6 is 0 Å². The van der Waals surface area contributed by atoms with Crippen molar-refractivity contribution in [2.45, 2.75) is 77.9 Å². The second-order valence-electron chi connectivity index (χ2n) is 5.08. The van der Waals surface area contributed by atoms with Crippen LogP contribution in [-0.4, -0.2) is 16.7 Å². The number of aliphatic hydroxyl groups is 1. The Morgan fingerprint density at radius 1 is 1.07 bits per heavy atom. The standard InChI is InChI=1S/C13H29NO/c1-5-7-9-13(15,10-8-6-2)12(14)11(3)4/h11-12,15H,5-10,14H2,1-4H3/t12-/m0/s1. The number of unbranched alkanes of at least 4 members (excludes halogenated alkanes) is 2. The first-order chi connectivity index (χ1) is 6.98. The molecule has 0 saturated carbocycles. The molecule has 2 nitrogen and oxygen atoms in total. The summed E-state index contributed by atoms with van der Waals surface area (Å²) in [6.45, 7) is 8.49. The molecule has 0 radical (unpaired) electrons. The molecule has 0 rings (SSSR count). The highest BCUT2D eigenvalue weighted by Crippen LogP contribution is 2.27. The van der Waals surface area contributed by atoms with Gasteiger partial charge in [0, 0.05) is 6.04 Å². The lowest BCUT2D eigenvalue weighted by atomic mass is 9.79. The number of rotatable bonds is 8. The van der Waals surface area contributed by atoms with E-state index in [0.29, 0.717) is 5.92 Å². The molecule has 0 bridgehead atoms. The molecule has 0 aromatic rings. The van der Waals surface area contributed by atoms with Crippen LogP contribution in [0.5, 0.6) is 0 Å². The van der Waals surface area contributed by atoms with E-state index >= 15 is 0 Å². The molecule has 3 N–H and O–H groups in total. The van der Waals surface area contributed by atoms with Gasteiger partial charge in [0.25, 0.3) is 0 Å². The van der Waals surface area contributed by atoms with E-state index in [1.165, 1.54) is 0 Å². The minimum atomic E-state index is -0.639. The van der Waals surface area contributed by atoms with Crippen LogP contribution in [0.3, 0.4) is 0 Å². The molecule has 1 atom stereocenters. The lowest BCUT2D eigenvalue weighted by Crippen LogP contribution is -2.51. The quantitative estimate of drug-likeness (QED) is 0.653. The van der Waals surface area contributed by atoms with Gasteiger partial charge in [0.2, 0.25) is 0 Å². The fourth-order valence-corrected chi connectivity index (χ4v) is 2.04. The Morgan fingerprint density at radius 2 is 1.47 bits per heavy atom. The van der Waals surface area contributed by atoms with Crippen molar-refractivity contribution in [2.75, 3.05) is 0 Å². The predicted octanol–water partition coefficient (Wildman–Crippen LogP) is 3.08. The van der Waals surface area contributed by atoms with Gasteiger partial charge in [-0.15, -0.1) is 0 Å².